The first-order valence-electron chi connectivity index (χ1n) is 7.29. The summed E-state index contributed by atoms with van der Waals surface area (Å²) in [7, 11) is 0. The van der Waals surface area contributed by atoms with Gasteiger partial charge in [-0.15, -0.1) is 0 Å². The summed E-state index contributed by atoms with van der Waals surface area (Å²) >= 11 is 0. The first-order chi connectivity index (χ1) is 9.52. The second kappa shape index (κ2) is 8.59. The topological polar surface area (TPSA) is 50.4 Å². The van der Waals surface area contributed by atoms with Crippen LogP contribution in [0, 0.1) is 0 Å². The fourth-order valence-corrected chi connectivity index (χ4v) is 1.86. The van der Waals surface area contributed by atoms with Crippen molar-refractivity contribution in [3.05, 3.63) is 29.8 Å². The maximum absolute atomic E-state index is 11.7. The number of rotatable bonds is 8. The Bertz CT molecular complexity index is 401. The van der Waals surface area contributed by atoms with Gasteiger partial charge in [-0.3, -0.25) is 4.79 Å². The van der Waals surface area contributed by atoms with Crippen LogP contribution in [0.3, 0.4) is 0 Å². The Labute approximate surface area is 121 Å². The third-order valence-corrected chi connectivity index (χ3v) is 2.84. The molecular weight excluding hydrogens is 252 g/mol. The Morgan fingerprint density at radius 1 is 1.20 bits per heavy atom. The largest absolute Gasteiger partial charge is 0.491 e. The number of nitrogens with one attached hydrogen (secondary N) is 2. The molecule has 1 amide bonds. The van der Waals surface area contributed by atoms with Gasteiger partial charge >= 0.3 is 0 Å². The van der Waals surface area contributed by atoms with E-state index in [1.165, 1.54) is 0 Å². The Balaban J connectivity index is 2.46. The van der Waals surface area contributed by atoms with Crippen molar-refractivity contribution < 1.29 is 9.53 Å². The predicted molar refractivity (Wildman–Crippen MR) is 81.9 cm³/mol. The number of amides is 1. The molecule has 1 unspecified atom stereocenters. The van der Waals surface area contributed by atoms with Crippen LogP contribution in [0.25, 0.3) is 0 Å². The fourth-order valence-electron chi connectivity index (χ4n) is 1.86. The van der Waals surface area contributed by atoms with E-state index >= 15 is 0 Å². The minimum Gasteiger partial charge on any atom is -0.491 e. The van der Waals surface area contributed by atoms with Crippen LogP contribution >= 0.6 is 0 Å². The molecule has 2 N–H and O–H groups in total. The molecule has 0 radical (unpaired) electrons. The van der Waals surface area contributed by atoms with Crippen molar-refractivity contribution in [2.45, 2.75) is 46.3 Å². The summed E-state index contributed by atoms with van der Waals surface area (Å²) in [6.45, 7) is 9.29. The predicted octanol–water partition coefficient (Wildman–Crippen LogP) is 2.65. The minimum atomic E-state index is -0.000901. The molecular formula is C16H26N2O2. The molecule has 112 valence electrons. The van der Waals surface area contributed by atoms with Crippen LogP contribution in [-0.2, 0) is 4.79 Å². The smallest absolute Gasteiger partial charge is 0.234 e. The van der Waals surface area contributed by atoms with Crippen molar-refractivity contribution in [3.63, 3.8) is 0 Å². The highest BCUT2D eigenvalue weighted by Crippen LogP contribution is 2.18. The Morgan fingerprint density at radius 3 is 2.40 bits per heavy atom. The van der Waals surface area contributed by atoms with E-state index in [4.69, 9.17) is 4.74 Å². The molecule has 0 aromatic heterocycles. The third kappa shape index (κ3) is 6.06. The molecule has 4 nitrogen and oxygen atoms in total. The quantitative estimate of drug-likeness (QED) is 0.719. The van der Waals surface area contributed by atoms with E-state index < -0.39 is 0 Å². The van der Waals surface area contributed by atoms with Gasteiger partial charge in [0.15, 0.2) is 0 Å². The van der Waals surface area contributed by atoms with Gasteiger partial charge in [-0.25, -0.2) is 0 Å². The monoisotopic (exact) mass is 278 g/mol. The summed E-state index contributed by atoms with van der Waals surface area (Å²) in [5, 5.41) is 6.06. The van der Waals surface area contributed by atoms with E-state index in [9.17, 15) is 4.79 Å². The minimum absolute atomic E-state index is 0.000901. The molecule has 0 bridgehead atoms. The number of hydrogen-bond donors (Lipinski definition) is 2. The molecule has 4 heteroatoms. The van der Waals surface area contributed by atoms with Gasteiger partial charge in [-0.1, -0.05) is 19.1 Å². The van der Waals surface area contributed by atoms with Gasteiger partial charge in [-0.05, 0) is 51.4 Å². The van der Waals surface area contributed by atoms with Crippen molar-refractivity contribution >= 4 is 5.91 Å². The van der Waals surface area contributed by atoms with E-state index in [0.717, 1.165) is 24.3 Å². The molecule has 1 aromatic carbocycles. The Kier molecular flexibility index (Phi) is 7.09. The second-order valence-corrected chi connectivity index (χ2v) is 5.20. The third-order valence-electron chi connectivity index (χ3n) is 2.84. The highest BCUT2D eigenvalue weighted by molar-refractivity contribution is 5.78. The number of carbonyl (C=O) groups excluding carboxylic acids is 1. The number of carbonyl (C=O) groups is 1. The lowest BCUT2D eigenvalue weighted by molar-refractivity contribution is -0.120. The lowest BCUT2D eigenvalue weighted by Crippen LogP contribution is -2.35. The number of ether oxygens (including phenoxy) is 1. The highest BCUT2D eigenvalue weighted by atomic mass is 16.5. The van der Waals surface area contributed by atoms with Crippen LogP contribution in [0.4, 0.5) is 0 Å². The SMILES string of the molecule is CCCNCC(=O)NC(C)c1ccc(OC(C)C)cc1. The Morgan fingerprint density at radius 2 is 1.85 bits per heavy atom. The van der Waals surface area contributed by atoms with Gasteiger partial charge < -0.3 is 15.4 Å². The van der Waals surface area contributed by atoms with Crippen molar-refractivity contribution in [1.82, 2.24) is 10.6 Å². The number of benzene rings is 1. The van der Waals surface area contributed by atoms with Crippen LogP contribution in [0.1, 0.15) is 45.7 Å². The Hall–Kier alpha value is -1.55. The van der Waals surface area contributed by atoms with Crippen molar-refractivity contribution in [3.8, 4) is 5.75 Å². The van der Waals surface area contributed by atoms with Gasteiger partial charge in [0.25, 0.3) is 0 Å². The summed E-state index contributed by atoms with van der Waals surface area (Å²) in [6, 6.07) is 7.85. The lowest BCUT2D eigenvalue weighted by Gasteiger charge is -2.16. The maximum atomic E-state index is 11.7. The van der Waals surface area contributed by atoms with E-state index in [0.29, 0.717) is 6.54 Å². The van der Waals surface area contributed by atoms with Gasteiger partial charge in [0.2, 0.25) is 5.91 Å². The molecule has 0 saturated heterocycles. The van der Waals surface area contributed by atoms with E-state index in [-0.39, 0.29) is 18.1 Å². The fraction of sp³-hybridized carbons (Fsp3) is 0.562. The van der Waals surface area contributed by atoms with Crippen LogP contribution in [0.2, 0.25) is 0 Å². The van der Waals surface area contributed by atoms with E-state index in [1.807, 2.05) is 45.0 Å². The zero-order chi connectivity index (χ0) is 15.0. The molecule has 20 heavy (non-hydrogen) atoms. The number of hydrogen-bond acceptors (Lipinski definition) is 3. The van der Waals surface area contributed by atoms with Gasteiger partial charge in [0, 0.05) is 0 Å². The second-order valence-electron chi connectivity index (χ2n) is 5.20. The van der Waals surface area contributed by atoms with Gasteiger partial charge in [0.1, 0.15) is 5.75 Å². The van der Waals surface area contributed by atoms with Gasteiger partial charge in [0.05, 0.1) is 18.7 Å². The molecule has 0 fully saturated rings. The van der Waals surface area contributed by atoms with Crippen LogP contribution in [0.5, 0.6) is 5.75 Å². The van der Waals surface area contributed by atoms with E-state index in [2.05, 4.69) is 17.6 Å². The van der Waals surface area contributed by atoms with Crippen LogP contribution in [0.15, 0.2) is 24.3 Å². The highest BCUT2D eigenvalue weighted by Gasteiger charge is 2.09. The van der Waals surface area contributed by atoms with Crippen molar-refractivity contribution in [2.24, 2.45) is 0 Å². The van der Waals surface area contributed by atoms with Crippen molar-refractivity contribution in [1.29, 1.82) is 0 Å². The summed E-state index contributed by atoms with van der Waals surface area (Å²) in [6.07, 6.45) is 1.20. The summed E-state index contributed by atoms with van der Waals surface area (Å²) in [5.74, 6) is 0.875. The zero-order valence-electron chi connectivity index (χ0n) is 12.9. The average molecular weight is 278 g/mol. The summed E-state index contributed by atoms with van der Waals surface area (Å²) < 4.78 is 5.60. The normalized spacial score (nSPS) is 12.2. The standard InChI is InChI=1S/C16H26N2O2/c1-5-10-17-11-16(19)18-13(4)14-6-8-15(9-7-14)20-12(2)3/h6-9,12-13,17H,5,10-11H2,1-4H3,(H,18,19). The molecule has 0 aliphatic rings. The van der Waals surface area contributed by atoms with Gasteiger partial charge in [-0.2, -0.15) is 0 Å². The molecule has 0 spiro atoms. The molecule has 0 aliphatic heterocycles. The first kappa shape index (κ1) is 16.5. The molecule has 0 aliphatic carbocycles. The molecule has 0 heterocycles. The summed E-state index contributed by atoms with van der Waals surface area (Å²) in [4.78, 5) is 11.7. The lowest BCUT2D eigenvalue weighted by atomic mass is 10.1. The van der Waals surface area contributed by atoms with Crippen LogP contribution in [-0.4, -0.2) is 25.1 Å². The summed E-state index contributed by atoms with van der Waals surface area (Å²) in [5.41, 5.74) is 1.07. The zero-order valence-corrected chi connectivity index (χ0v) is 12.9. The molecule has 0 saturated carbocycles. The molecule has 1 atom stereocenters. The molecule has 1 rings (SSSR count). The first-order valence-corrected chi connectivity index (χ1v) is 7.29. The van der Waals surface area contributed by atoms with Crippen LogP contribution < -0.4 is 15.4 Å². The maximum Gasteiger partial charge on any atom is 0.234 e. The van der Waals surface area contributed by atoms with Crippen molar-refractivity contribution in [2.75, 3.05) is 13.1 Å². The molecule has 1 aromatic rings. The average Bonchev–Trinajstić information content (AvgIpc) is 2.39. The van der Waals surface area contributed by atoms with E-state index in [1.54, 1.807) is 0 Å².